The number of nitrogens with zero attached hydrogens (tertiary/aromatic N) is 2. The summed E-state index contributed by atoms with van der Waals surface area (Å²) >= 11 is 0. The van der Waals surface area contributed by atoms with Crippen LogP contribution < -0.4 is 20.1 Å². The molecule has 6 nitrogen and oxygen atoms in total. The summed E-state index contributed by atoms with van der Waals surface area (Å²) in [7, 11) is 5.49. The van der Waals surface area contributed by atoms with Gasteiger partial charge < -0.3 is 25.0 Å². The Morgan fingerprint density at radius 2 is 1.85 bits per heavy atom. The molecule has 1 aromatic rings. The maximum absolute atomic E-state index is 5.36. The van der Waals surface area contributed by atoms with Crippen LogP contribution in [0.15, 0.2) is 23.2 Å². The van der Waals surface area contributed by atoms with Crippen LogP contribution >= 0.6 is 24.0 Å². The fraction of sp³-hybridized carbons (Fsp3) is 0.632. The van der Waals surface area contributed by atoms with Gasteiger partial charge in [0.15, 0.2) is 17.5 Å². The number of halogens is 1. The molecule has 7 heteroatoms. The molecule has 1 fully saturated rings. The molecule has 0 unspecified atom stereocenters. The molecule has 0 aromatic heterocycles. The molecule has 1 aliphatic heterocycles. The quantitative estimate of drug-likeness (QED) is 0.360. The Morgan fingerprint density at radius 1 is 1.15 bits per heavy atom. The average Bonchev–Trinajstić information content (AvgIpc) is 2.65. The van der Waals surface area contributed by atoms with Gasteiger partial charge in [-0.2, -0.15) is 0 Å². The van der Waals surface area contributed by atoms with Crippen molar-refractivity contribution in [1.82, 2.24) is 15.5 Å². The van der Waals surface area contributed by atoms with Gasteiger partial charge in [-0.1, -0.05) is 6.07 Å². The molecule has 0 atom stereocenters. The molecule has 148 valence electrons. The summed E-state index contributed by atoms with van der Waals surface area (Å²) in [5, 5.41) is 6.82. The van der Waals surface area contributed by atoms with Crippen LogP contribution in [0.5, 0.6) is 11.5 Å². The number of methoxy groups -OCH3 is 2. The molecule has 26 heavy (non-hydrogen) atoms. The molecular weight excluding hydrogens is 443 g/mol. The molecule has 1 aliphatic rings. The van der Waals surface area contributed by atoms with E-state index in [0.717, 1.165) is 42.0 Å². The Labute approximate surface area is 174 Å². The summed E-state index contributed by atoms with van der Waals surface area (Å²) in [4.78, 5) is 7.10. The summed E-state index contributed by atoms with van der Waals surface area (Å²) in [5.41, 5.74) is 1.09. The fourth-order valence-electron chi connectivity index (χ4n) is 3.00. The van der Waals surface area contributed by atoms with Crippen molar-refractivity contribution in [3.05, 3.63) is 23.8 Å². The minimum atomic E-state index is 0. The van der Waals surface area contributed by atoms with Crippen molar-refractivity contribution in [2.75, 3.05) is 47.4 Å². The van der Waals surface area contributed by atoms with Gasteiger partial charge in [0.2, 0.25) is 0 Å². The van der Waals surface area contributed by atoms with Gasteiger partial charge in [0.05, 0.1) is 20.8 Å². The first-order chi connectivity index (χ1) is 12.2. The highest BCUT2D eigenvalue weighted by atomic mass is 127. The molecule has 2 N–H and O–H groups in total. The number of likely N-dealkylation sites (tertiary alicyclic amines) is 1. The molecule has 0 radical (unpaired) electrons. The highest BCUT2D eigenvalue weighted by Gasteiger charge is 2.16. The third kappa shape index (κ3) is 7.19. The first kappa shape index (κ1) is 22.8. The number of hydrogen-bond acceptors (Lipinski definition) is 4. The van der Waals surface area contributed by atoms with E-state index in [-0.39, 0.29) is 24.0 Å². The van der Waals surface area contributed by atoms with Crippen LogP contribution in [0.25, 0.3) is 0 Å². The number of rotatable bonds is 7. The molecule has 1 saturated heterocycles. The molecule has 1 heterocycles. The van der Waals surface area contributed by atoms with Gasteiger partial charge in [0, 0.05) is 13.1 Å². The van der Waals surface area contributed by atoms with Crippen LogP contribution in [-0.2, 0) is 6.54 Å². The summed E-state index contributed by atoms with van der Waals surface area (Å²) in [6, 6.07) is 5.91. The Morgan fingerprint density at radius 3 is 2.46 bits per heavy atom. The van der Waals surface area contributed by atoms with Crippen LogP contribution in [-0.4, -0.2) is 58.3 Å². The number of guanidine groups is 1. The zero-order valence-electron chi connectivity index (χ0n) is 16.4. The van der Waals surface area contributed by atoms with E-state index < -0.39 is 0 Å². The topological polar surface area (TPSA) is 58.1 Å². The number of ether oxygens (including phenoxy) is 2. The van der Waals surface area contributed by atoms with Crippen molar-refractivity contribution in [1.29, 1.82) is 0 Å². The minimum absolute atomic E-state index is 0. The molecule has 2 rings (SSSR count). The van der Waals surface area contributed by atoms with Gasteiger partial charge in [0.25, 0.3) is 0 Å². The largest absolute Gasteiger partial charge is 0.493 e. The standard InChI is InChI=1S/C19H32N4O2.HI/c1-5-20-19(21-13-15-8-10-23(2)11-9-15)22-14-16-6-7-17(24-3)18(12-16)25-4;/h6-7,12,15H,5,8-11,13-14H2,1-4H3,(H2,20,21,22);1H. The van der Waals surface area contributed by atoms with Gasteiger partial charge in [-0.05, 0) is 63.5 Å². The molecule has 0 bridgehead atoms. The molecule has 0 aliphatic carbocycles. The fourth-order valence-corrected chi connectivity index (χ4v) is 3.00. The van der Waals surface area contributed by atoms with Gasteiger partial charge in [-0.3, -0.25) is 0 Å². The lowest BCUT2D eigenvalue weighted by Crippen LogP contribution is -2.42. The SMILES string of the molecule is CCNC(=NCc1ccc(OC)c(OC)c1)NCC1CCN(C)CC1.I. The second-order valence-electron chi connectivity index (χ2n) is 6.51. The second-order valence-corrected chi connectivity index (χ2v) is 6.51. The number of hydrogen-bond donors (Lipinski definition) is 2. The third-order valence-corrected chi connectivity index (χ3v) is 4.61. The van der Waals surface area contributed by atoms with E-state index in [9.17, 15) is 0 Å². The first-order valence-electron chi connectivity index (χ1n) is 9.07. The van der Waals surface area contributed by atoms with E-state index in [4.69, 9.17) is 14.5 Å². The Kier molecular flexibility index (Phi) is 10.7. The minimum Gasteiger partial charge on any atom is -0.493 e. The van der Waals surface area contributed by atoms with E-state index in [1.807, 2.05) is 18.2 Å². The number of piperidine rings is 1. The lowest BCUT2D eigenvalue weighted by atomic mass is 9.97. The molecule has 0 saturated carbocycles. The molecule has 0 spiro atoms. The molecule has 1 aromatic carbocycles. The average molecular weight is 476 g/mol. The normalized spacial score (nSPS) is 15.9. The van der Waals surface area contributed by atoms with E-state index in [0.29, 0.717) is 6.54 Å². The molecular formula is C19H33IN4O2. The maximum Gasteiger partial charge on any atom is 0.191 e. The van der Waals surface area contributed by atoms with Crippen molar-refractivity contribution in [3.63, 3.8) is 0 Å². The van der Waals surface area contributed by atoms with Gasteiger partial charge in [-0.15, -0.1) is 24.0 Å². The summed E-state index contributed by atoms with van der Waals surface area (Å²) in [6.07, 6.45) is 2.50. The van der Waals surface area contributed by atoms with Crippen LogP contribution in [0, 0.1) is 5.92 Å². The predicted octanol–water partition coefficient (Wildman–Crippen LogP) is 2.72. The smallest absolute Gasteiger partial charge is 0.191 e. The van der Waals surface area contributed by atoms with Crippen molar-refractivity contribution >= 4 is 29.9 Å². The number of benzene rings is 1. The van der Waals surface area contributed by atoms with E-state index in [1.54, 1.807) is 14.2 Å². The Balaban J connectivity index is 0.00000338. The molecule has 0 amide bonds. The Hall–Kier alpha value is -1.22. The summed E-state index contributed by atoms with van der Waals surface area (Å²) in [5.74, 6) is 3.07. The van der Waals surface area contributed by atoms with Crippen LogP contribution in [0.2, 0.25) is 0 Å². The van der Waals surface area contributed by atoms with Gasteiger partial charge >= 0.3 is 0 Å². The summed E-state index contributed by atoms with van der Waals surface area (Å²) in [6.45, 7) is 6.89. The maximum atomic E-state index is 5.36. The zero-order chi connectivity index (χ0) is 18.1. The highest BCUT2D eigenvalue weighted by molar-refractivity contribution is 14.0. The zero-order valence-corrected chi connectivity index (χ0v) is 18.7. The monoisotopic (exact) mass is 476 g/mol. The lowest BCUT2D eigenvalue weighted by molar-refractivity contribution is 0.220. The van der Waals surface area contributed by atoms with Crippen molar-refractivity contribution in [2.45, 2.75) is 26.3 Å². The predicted molar refractivity (Wildman–Crippen MR) is 118 cm³/mol. The van der Waals surface area contributed by atoms with Crippen LogP contribution in [0.3, 0.4) is 0 Å². The Bertz CT molecular complexity index is 560. The van der Waals surface area contributed by atoms with Gasteiger partial charge in [0.1, 0.15) is 0 Å². The van der Waals surface area contributed by atoms with E-state index >= 15 is 0 Å². The van der Waals surface area contributed by atoms with Crippen molar-refractivity contribution in [2.24, 2.45) is 10.9 Å². The second kappa shape index (κ2) is 12.2. The first-order valence-corrected chi connectivity index (χ1v) is 9.07. The third-order valence-electron chi connectivity index (χ3n) is 4.61. The van der Waals surface area contributed by atoms with Crippen molar-refractivity contribution in [3.8, 4) is 11.5 Å². The van der Waals surface area contributed by atoms with Crippen LogP contribution in [0.1, 0.15) is 25.3 Å². The summed E-state index contributed by atoms with van der Waals surface area (Å²) < 4.78 is 10.6. The lowest BCUT2D eigenvalue weighted by Gasteiger charge is -2.29. The van der Waals surface area contributed by atoms with Gasteiger partial charge in [-0.25, -0.2) is 4.99 Å². The van der Waals surface area contributed by atoms with Crippen molar-refractivity contribution < 1.29 is 9.47 Å². The number of aliphatic imine (C=N–C) groups is 1. The van der Waals surface area contributed by atoms with E-state index in [2.05, 4.69) is 29.5 Å². The van der Waals surface area contributed by atoms with E-state index in [1.165, 1.54) is 25.9 Å². The highest BCUT2D eigenvalue weighted by Crippen LogP contribution is 2.27. The number of nitrogens with one attached hydrogen (secondary N) is 2. The van der Waals surface area contributed by atoms with Crippen LogP contribution in [0.4, 0.5) is 0 Å².